The zero-order valence-corrected chi connectivity index (χ0v) is 20.3. The van der Waals surface area contributed by atoms with Gasteiger partial charge in [-0.2, -0.15) is 0 Å². The SMILES string of the molecule is CC1(C)c2ccccc2[C@H]2OC(c3[c-]c(Oc4ccc5cccc(O)c5n4)ccc3)=N[C@H]21.[Pt]. The van der Waals surface area contributed by atoms with Gasteiger partial charge >= 0.3 is 0 Å². The molecule has 6 rings (SSSR count). The summed E-state index contributed by atoms with van der Waals surface area (Å²) in [6.45, 7) is 4.44. The van der Waals surface area contributed by atoms with Gasteiger partial charge in [-0.25, -0.2) is 4.98 Å². The summed E-state index contributed by atoms with van der Waals surface area (Å²) in [5.41, 5.74) is 3.64. The van der Waals surface area contributed by atoms with E-state index in [9.17, 15) is 5.11 Å². The van der Waals surface area contributed by atoms with Gasteiger partial charge in [0, 0.05) is 43.7 Å². The second kappa shape index (κ2) is 8.00. The molecular formula is C27H21N2O3Pt-. The summed E-state index contributed by atoms with van der Waals surface area (Å²) in [4.78, 5) is 9.38. The Kier molecular flexibility index (Phi) is 5.25. The second-order valence-electron chi connectivity index (χ2n) is 8.76. The molecule has 3 aromatic carbocycles. The number of aromatic hydroxyl groups is 1. The molecule has 33 heavy (non-hydrogen) atoms. The van der Waals surface area contributed by atoms with E-state index >= 15 is 0 Å². The van der Waals surface area contributed by atoms with Gasteiger partial charge in [-0.3, -0.25) is 4.99 Å². The molecule has 1 N–H and O–H groups in total. The van der Waals surface area contributed by atoms with Crippen LogP contribution in [0.1, 0.15) is 36.6 Å². The van der Waals surface area contributed by atoms with Crippen LogP contribution in [0.15, 0.2) is 77.8 Å². The topological polar surface area (TPSA) is 63.9 Å². The predicted octanol–water partition coefficient (Wildman–Crippen LogP) is 5.71. The zero-order chi connectivity index (χ0) is 21.9. The molecule has 2 aliphatic rings. The van der Waals surface area contributed by atoms with Gasteiger partial charge < -0.3 is 14.6 Å². The molecular weight excluding hydrogens is 595 g/mol. The van der Waals surface area contributed by atoms with Crippen LogP contribution in [0.5, 0.6) is 17.4 Å². The van der Waals surface area contributed by atoms with Crippen molar-refractivity contribution in [2.45, 2.75) is 31.4 Å². The number of phenolic OH excluding ortho intramolecular Hbond substituents is 1. The summed E-state index contributed by atoms with van der Waals surface area (Å²) in [6.07, 6.45) is -0.0840. The Morgan fingerprint density at radius 2 is 1.79 bits per heavy atom. The monoisotopic (exact) mass is 616 g/mol. The van der Waals surface area contributed by atoms with Crippen LogP contribution in [0.4, 0.5) is 0 Å². The van der Waals surface area contributed by atoms with Crippen molar-refractivity contribution >= 4 is 16.8 Å². The predicted molar refractivity (Wildman–Crippen MR) is 122 cm³/mol. The van der Waals surface area contributed by atoms with E-state index in [4.69, 9.17) is 14.5 Å². The minimum absolute atomic E-state index is 0. The summed E-state index contributed by atoms with van der Waals surface area (Å²) in [6, 6.07) is 26.3. The van der Waals surface area contributed by atoms with Gasteiger partial charge in [0.2, 0.25) is 5.88 Å². The van der Waals surface area contributed by atoms with E-state index in [0.717, 1.165) is 10.9 Å². The number of phenols is 1. The van der Waals surface area contributed by atoms with Gasteiger partial charge in [0.1, 0.15) is 23.3 Å². The third-order valence-corrected chi connectivity index (χ3v) is 6.37. The Bertz CT molecular complexity index is 1400. The molecule has 1 aliphatic carbocycles. The number of ether oxygens (including phenoxy) is 2. The van der Waals surface area contributed by atoms with Crippen LogP contribution in [0.2, 0.25) is 0 Å². The molecule has 4 aromatic rings. The summed E-state index contributed by atoms with van der Waals surface area (Å²) >= 11 is 0. The normalized spacial score (nSPS) is 19.8. The molecule has 0 saturated heterocycles. The molecule has 0 unspecified atom stereocenters. The minimum atomic E-state index is -0.103. The fraction of sp³-hybridized carbons (Fsp3) is 0.185. The van der Waals surface area contributed by atoms with Crippen molar-refractivity contribution in [2.24, 2.45) is 4.99 Å². The van der Waals surface area contributed by atoms with E-state index in [1.54, 1.807) is 18.2 Å². The maximum absolute atomic E-state index is 10.1. The number of rotatable bonds is 3. The number of aromatic nitrogens is 1. The van der Waals surface area contributed by atoms with Crippen LogP contribution in [0, 0.1) is 6.07 Å². The Morgan fingerprint density at radius 3 is 2.67 bits per heavy atom. The van der Waals surface area contributed by atoms with Crippen LogP contribution < -0.4 is 4.74 Å². The number of hydrogen-bond acceptors (Lipinski definition) is 5. The van der Waals surface area contributed by atoms with E-state index in [1.165, 1.54) is 11.1 Å². The van der Waals surface area contributed by atoms with Crippen molar-refractivity contribution in [3.8, 4) is 17.4 Å². The molecule has 2 atom stereocenters. The number of hydrogen-bond donors (Lipinski definition) is 1. The number of pyridine rings is 1. The maximum Gasteiger partial charge on any atom is 0.217 e. The zero-order valence-electron chi connectivity index (χ0n) is 18.1. The van der Waals surface area contributed by atoms with Gasteiger partial charge in [-0.05, 0) is 23.3 Å². The van der Waals surface area contributed by atoms with Crippen LogP contribution in [-0.4, -0.2) is 22.0 Å². The maximum atomic E-state index is 10.1. The summed E-state index contributed by atoms with van der Waals surface area (Å²) in [5, 5.41) is 10.9. The summed E-state index contributed by atoms with van der Waals surface area (Å²) in [7, 11) is 0. The first kappa shape index (κ1) is 21.7. The van der Waals surface area contributed by atoms with Crippen molar-refractivity contribution in [3.05, 3.63) is 95.6 Å². The second-order valence-corrected chi connectivity index (χ2v) is 8.76. The van der Waals surface area contributed by atoms with E-state index < -0.39 is 0 Å². The molecule has 0 radical (unpaired) electrons. The van der Waals surface area contributed by atoms with E-state index in [1.807, 2.05) is 36.4 Å². The van der Waals surface area contributed by atoms with Crippen LogP contribution >= 0.6 is 0 Å². The van der Waals surface area contributed by atoms with Crippen molar-refractivity contribution in [1.82, 2.24) is 4.98 Å². The third kappa shape index (κ3) is 3.52. The molecule has 0 spiro atoms. The number of nitrogens with zero attached hydrogens (tertiary/aromatic N) is 2. The summed E-state index contributed by atoms with van der Waals surface area (Å²) < 4.78 is 12.3. The van der Waals surface area contributed by atoms with Crippen molar-refractivity contribution < 1.29 is 35.6 Å². The van der Waals surface area contributed by atoms with Crippen molar-refractivity contribution in [1.29, 1.82) is 0 Å². The van der Waals surface area contributed by atoms with Crippen molar-refractivity contribution in [3.63, 3.8) is 0 Å². The average Bonchev–Trinajstić information content (AvgIpc) is 3.34. The standard InChI is InChI=1S/C27H21N2O3.Pt/c1-27(2)20-11-4-3-10-19(20)24-25(27)29-26(32-24)17-8-5-9-18(15-17)31-22-14-13-16-7-6-12-21(30)23(16)28-22;/h3-14,24-25,30H,1-2H3;/q-1;/t24-,25-;/m1./s1. The van der Waals surface area contributed by atoms with E-state index in [2.05, 4.69) is 43.1 Å². The average molecular weight is 617 g/mol. The number of fused-ring (bicyclic) bond motifs is 4. The minimum Gasteiger partial charge on any atom is -0.510 e. The molecule has 0 bridgehead atoms. The van der Waals surface area contributed by atoms with E-state index in [0.29, 0.717) is 23.0 Å². The fourth-order valence-electron chi connectivity index (χ4n) is 4.72. The number of para-hydroxylation sites is 1. The van der Waals surface area contributed by atoms with Gasteiger partial charge in [-0.1, -0.05) is 61.9 Å². The molecule has 6 heteroatoms. The first-order chi connectivity index (χ1) is 15.5. The Balaban J connectivity index is 0.00000228. The molecule has 1 aliphatic heterocycles. The molecule has 168 valence electrons. The van der Waals surface area contributed by atoms with Gasteiger partial charge in [0.05, 0.1) is 6.04 Å². The number of aliphatic imine (C=N–C) groups is 1. The van der Waals surface area contributed by atoms with Crippen LogP contribution in [0.3, 0.4) is 0 Å². The summed E-state index contributed by atoms with van der Waals surface area (Å²) in [5.74, 6) is 1.59. The Morgan fingerprint density at radius 1 is 0.970 bits per heavy atom. The molecule has 0 saturated carbocycles. The van der Waals surface area contributed by atoms with Crippen LogP contribution in [-0.2, 0) is 31.2 Å². The first-order valence-corrected chi connectivity index (χ1v) is 10.6. The van der Waals surface area contributed by atoms with E-state index in [-0.39, 0.29) is 44.4 Å². The van der Waals surface area contributed by atoms with Gasteiger partial charge in [-0.15, -0.1) is 18.2 Å². The Hall–Kier alpha value is -3.17. The van der Waals surface area contributed by atoms with Crippen LogP contribution in [0.25, 0.3) is 10.9 Å². The molecule has 1 aromatic heterocycles. The van der Waals surface area contributed by atoms with Crippen molar-refractivity contribution in [2.75, 3.05) is 0 Å². The van der Waals surface area contributed by atoms with Gasteiger partial charge in [0.25, 0.3) is 0 Å². The molecule has 0 amide bonds. The fourth-order valence-corrected chi connectivity index (χ4v) is 4.72. The smallest absolute Gasteiger partial charge is 0.217 e. The number of benzene rings is 3. The molecule has 0 fully saturated rings. The quantitative estimate of drug-likeness (QED) is 0.300. The molecule has 2 heterocycles. The van der Waals surface area contributed by atoms with Gasteiger partial charge in [0.15, 0.2) is 0 Å². The third-order valence-electron chi connectivity index (χ3n) is 6.37. The molecule has 5 nitrogen and oxygen atoms in total. The Labute approximate surface area is 206 Å². The largest absolute Gasteiger partial charge is 0.510 e. The first-order valence-electron chi connectivity index (χ1n) is 10.6.